The zero-order valence-corrected chi connectivity index (χ0v) is 16.9. The Balaban J connectivity index is 1.47. The first kappa shape index (κ1) is 19.9. The number of hydrogen-bond donors (Lipinski definition) is 2. The number of rotatable bonds is 5. The maximum Gasteiger partial charge on any atom is 0.321 e. The van der Waals surface area contributed by atoms with Gasteiger partial charge in [0, 0.05) is 18.1 Å². The van der Waals surface area contributed by atoms with Gasteiger partial charge in [0.25, 0.3) is 5.91 Å². The first-order chi connectivity index (χ1) is 12.5. The number of thioether (sulfide) groups is 2. The molecule has 26 heavy (non-hydrogen) atoms. The van der Waals surface area contributed by atoms with E-state index in [2.05, 4.69) is 34.2 Å². The highest BCUT2D eigenvalue weighted by atomic mass is 32.2. The lowest BCUT2D eigenvalue weighted by molar-refractivity contribution is -0.155. The van der Waals surface area contributed by atoms with Crippen molar-refractivity contribution in [2.75, 3.05) is 24.7 Å². The van der Waals surface area contributed by atoms with Gasteiger partial charge < -0.3 is 10.1 Å². The number of carbonyl (C=O) groups excluding carboxylic acids is 3. The van der Waals surface area contributed by atoms with E-state index in [0.29, 0.717) is 22.5 Å². The van der Waals surface area contributed by atoms with Crippen molar-refractivity contribution in [1.82, 2.24) is 10.6 Å². The standard InChI is InChI=1S/C18H28N2O4S2/c1-2-6-19-17(23)20-15(21)11-24-16(22)12-9-13-4-3-5-14(10-12)18(13)25-7-8-26-18/h12-14H,2-11H2,1H3,(H2,19,20,21,23)/t12?,13-,14+. The fraction of sp³-hybridized carbons (Fsp3) is 0.833. The van der Waals surface area contributed by atoms with Crippen LogP contribution in [0.1, 0.15) is 45.4 Å². The number of carbonyl (C=O) groups is 3. The summed E-state index contributed by atoms with van der Waals surface area (Å²) in [6.45, 7) is 2.04. The summed E-state index contributed by atoms with van der Waals surface area (Å²) >= 11 is 4.21. The maximum absolute atomic E-state index is 12.5. The van der Waals surface area contributed by atoms with Gasteiger partial charge in [-0.3, -0.25) is 14.9 Å². The molecular weight excluding hydrogens is 372 g/mol. The highest BCUT2D eigenvalue weighted by molar-refractivity contribution is 8.21. The lowest BCUT2D eigenvalue weighted by atomic mass is 9.67. The van der Waals surface area contributed by atoms with Crippen LogP contribution in [0.25, 0.3) is 0 Å². The van der Waals surface area contributed by atoms with Crippen LogP contribution in [-0.2, 0) is 14.3 Å². The second-order valence-corrected chi connectivity index (χ2v) is 10.3. The van der Waals surface area contributed by atoms with Gasteiger partial charge in [0.1, 0.15) is 0 Å². The van der Waals surface area contributed by atoms with Gasteiger partial charge in [-0.15, -0.1) is 23.5 Å². The van der Waals surface area contributed by atoms with Gasteiger partial charge in [-0.1, -0.05) is 13.3 Å². The Morgan fingerprint density at radius 3 is 2.38 bits per heavy atom. The molecule has 0 radical (unpaired) electrons. The van der Waals surface area contributed by atoms with E-state index in [1.54, 1.807) is 0 Å². The lowest BCUT2D eigenvalue weighted by Gasteiger charge is -2.51. The molecule has 1 saturated heterocycles. The van der Waals surface area contributed by atoms with Crippen molar-refractivity contribution in [3.05, 3.63) is 0 Å². The average molecular weight is 401 g/mol. The van der Waals surface area contributed by atoms with E-state index in [-0.39, 0.29) is 11.9 Å². The van der Waals surface area contributed by atoms with Gasteiger partial charge in [0.2, 0.25) is 0 Å². The lowest BCUT2D eigenvalue weighted by Crippen LogP contribution is -2.48. The predicted octanol–water partition coefficient (Wildman–Crippen LogP) is 2.77. The monoisotopic (exact) mass is 400 g/mol. The highest BCUT2D eigenvalue weighted by Crippen LogP contribution is 2.64. The third-order valence-corrected chi connectivity index (χ3v) is 9.61. The molecule has 3 aliphatic rings. The van der Waals surface area contributed by atoms with Crippen LogP contribution in [0.5, 0.6) is 0 Å². The second kappa shape index (κ2) is 8.87. The van der Waals surface area contributed by atoms with E-state index in [0.717, 1.165) is 19.3 Å². The van der Waals surface area contributed by atoms with E-state index in [4.69, 9.17) is 4.74 Å². The SMILES string of the molecule is CCCNC(=O)NC(=O)COC(=O)C1C[C@H]2CCC[C@@H](C1)C21SCCS1. The predicted molar refractivity (Wildman–Crippen MR) is 104 cm³/mol. The molecule has 6 nitrogen and oxygen atoms in total. The molecule has 2 saturated carbocycles. The van der Waals surface area contributed by atoms with Gasteiger partial charge in [-0.2, -0.15) is 0 Å². The highest BCUT2D eigenvalue weighted by Gasteiger charge is 2.55. The van der Waals surface area contributed by atoms with Gasteiger partial charge in [0.05, 0.1) is 10.00 Å². The van der Waals surface area contributed by atoms with E-state index < -0.39 is 18.5 Å². The van der Waals surface area contributed by atoms with E-state index in [1.807, 2.05) is 6.92 Å². The summed E-state index contributed by atoms with van der Waals surface area (Å²) in [5, 5.41) is 4.73. The fourth-order valence-corrected chi connectivity index (χ4v) is 8.44. The molecule has 3 amide bonds. The molecule has 8 heteroatoms. The third kappa shape index (κ3) is 4.32. The summed E-state index contributed by atoms with van der Waals surface area (Å²) < 4.78 is 5.54. The third-order valence-electron chi connectivity index (χ3n) is 5.59. The minimum Gasteiger partial charge on any atom is -0.455 e. The molecule has 2 N–H and O–H groups in total. The number of imide groups is 1. The quantitative estimate of drug-likeness (QED) is 0.691. The Morgan fingerprint density at radius 2 is 1.77 bits per heavy atom. The van der Waals surface area contributed by atoms with E-state index >= 15 is 0 Å². The number of esters is 1. The van der Waals surface area contributed by atoms with Crippen molar-refractivity contribution in [2.24, 2.45) is 17.8 Å². The fourth-order valence-electron chi connectivity index (χ4n) is 4.50. The van der Waals surface area contributed by atoms with Crippen LogP contribution in [0.15, 0.2) is 0 Å². The van der Waals surface area contributed by atoms with E-state index in [1.165, 1.54) is 30.8 Å². The second-order valence-electron chi connectivity index (χ2n) is 7.32. The van der Waals surface area contributed by atoms with Gasteiger partial charge in [-0.05, 0) is 43.9 Å². The molecule has 1 heterocycles. The molecule has 3 fully saturated rings. The molecule has 0 aromatic rings. The molecule has 2 aliphatic carbocycles. The summed E-state index contributed by atoms with van der Waals surface area (Å²) in [5.41, 5.74) is 0. The van der Waals surface area contributed by atoms with Crippen LogP contribution in [0.3, 0.4) is 0 Å². The van der Waals surface area contributed by atoms with Gasteiger partial charge >= 0.3 is 12.0 Å². The largest absolute Gasteiger partial charge is 0.455 e. The summed E-state index contributed by atoms with van der Waals surface area (Å²) in [4.78, 5) is 35.7. The summed E-state index contributed by atoms with van der Waals surface area (Å²) in [6.07, 6.45) is 6.17. The number of nitrogens with one attached hydrogen (secondary N) is 2. The Bertz CT molecular complexity index is 535. The first-order valence-electron chi connectivity index (χ1n) is 9.57. The summed E-state index contributed by atoms with van der Waals surface area (Å²) in [5.74, 6) is 2.59. The normalized spacial score (nSPS) is 29.2. The Kier molecular flexibility index (Phi) is 6.77. The molecular formula is C18H28N2O4S2. The first-order valence-corrected chi connectivity index (χ1v) is 11.5. The molecule has 2 bridgehead atoms. The van der Waals surface area contributed by atoms with Crippen molar-refractivity contribution in [3.8, 4) is 0 Å². The van der Waals surface area contributed by atoms with Crippen LogP contribution in [0.2, 0.25) is 0 Å². The molecule has 0 aromatic heterocycles. The zero-order valence-electron chi connectivity index (χ0n) is 15.3. The molecule has 1 aliphatic heterocycles. The minimum atomic E-state index is -0.582. The molecule has 1 unspecified atom stereocenters. The Hall–Kier alpha value is -0.890. The average Bonchev–Trinajstić information content (AvgIpc) is 3.07. The topological polar surface area (TPSA) is 84.5 Å². The molecule has 0 aromatic carbocycles. The summed E-state index contributed by atoms with van der Waals surface area (Å²) in [7, 11) is 0. The summed E-state index contributed by atoms with van der Waals surface area (Å²) in [6, 6.07) is -0.544. The molecule has 146 valence electrons. The maximum atomic E-state index is 12.5. The van der Waals surface area contributed by atoms with Crippen molar-refractivity contribution in [3.63, 3.8) is 0 Å². The van der Waals surface area contributed by atoms with Crippen LogP contribution in [-0.4, -0.2) is 46.6 Å². The van der Waals surface area contributed by atoms with Gasteiger partial charge in [-0.25, -0.2) is 4.79 Å². The number of urea groups is 1. The van der Waals surface area contributed by atoms with E-state index in [9.17, 15) is 14.4 Å². The van der Waals surface area contributed by atoms with Crippen LogP contribution in [0.4, 0.5) is 4.79 Å². The van der Waals surface area contributed by atoms with Crippen LogP contribution in [0, 0.1) is 17.8 Å². The van der Waals surface area contributed by atoms with Crippen LogP contribution >= 0.6 is 23.5 Å². The minimum absolute atomic E-state index is 0.112. The number of hydrogen-bond acceptors (Lipinski definition) is 6. The Labute approximate surface area is 163 Å². The Morgan fingerprint density at radius 1 is 1.12 bits per heavy atom. The zero-order chi connectivity index (χ0) is 18.6. The van der Waals surface area contributed by atoms with Crippen molar-refractivity contribution >= 4 is 41.4 Å². The van der Waals surface area contributed by atoms with Crippen molar-refractivity contribution < 1.29 is 19.1 Å². The number of ether oxygens (including phenoxy) is 1. The molecule has 3 atom stereocenters. The van der Waals surface area contributed by atoms with Crippen molar-refractivity contribution in [1.29, 1.82) is 0 Å². The molecule has 3 rings (SSSR count). The number of amides is 3. The smallest absolute Gasteiger partial charge is 0.321 e. The molecule has 1 spiro atoms. The van der Waals surface area contributed by atoms with Gasteiger partial charge in [0.15, 0.2) is 6.61 Å². The van der Waals surface area contributed by atoms with Crippen molar-refractivity contribution in [2.45, 2.75) is 49.5 Å². The van der Waals surface area contributed by atoms with Crippen LogP contribution < -0.4 is 10.6 Å².